The van der Waals surface area contributed by atoms with Crippen LogP contribution in [0.5, 0.6) is 5.75 Å². The minimum atomic E-state index is -0.340. The molecule has 0 atom stereocenters. The fraction of sp³-hybridized carbons (Fsp3) is 0.0625. The Morgan fingerprint density at radius 1 is 0.825 bits per heavy atom. The Balaban J connectivity index is 1.22. The van der Waals surface area contributed by atoms with Crippen LogP contribution in [0.3, 0.4) is 0 Å². The number of nitrogens with one attached hydrogen (secondary N) is 1. The van der Waals surface area contributed by atoms with Crippen molar-refractivity contribution in [2.45, 2.75) is 6.42 Å². The van der Waals surface area contributed by atoms with Crippen molar-refractivity contribution in [3.8, 4) is 5.75 Å². The van der Waals surface area contributed by atoms with Crippen LogP contribution in [0, 0.1) is 0 Å². The summed E-state index contributed by atoms with van der Waals surface area (Å²) in [6.07, 6.45) is 3.30. The molecule has 0 aliphatic carbocycles. The Labute approximate surface area is 238 Å². The molecule has 0 unspecified atom stereocenters. The van der Waals surface area contributed by atoms with Crippen LogP contribution in [-0.4, -0.2) is 40.1 Å². The highest BCUT2D eigenvalue weighted by Gasteiger charge is 2.34. The smallest absolute Gasteiger partial charge is 0.261 e. The summed E-state index contributed by atoms with van der Waals surface area (Å²) in [7, 11) is 0. The predicted octanol–water partition coefficient (Wildman–Crippen LogP) is 6.14. The van der Waals surface area contributed by atoms with Crippen molar-refractivity contribution in [1.29, 1.82) is 0 Å². The van der Waals surface area contributed by atoms with Gasteiger partial charge in [-0.1, -0.05) is 46.3 Å². The third-order valence-electron chi connectivity index (χ3n) is 6.57. The van der Waals surface area contributed by atoms with Crippen LogP contribution in [0.2, 0.25) is 0 Å². The summed E-state index contributed by atoms with van der Waals surface area (Å²) in [6, 6.07) is 25.1. The second kappa shape index (κ2) is 11.5. The van der Waals surface area contributed by atoms with Crippen molar-refractivity contribution in [3.63, 3.8) is 0 Å². The summed E-state index contributed by atoms with van der Waals surface area (Å²) in [4.78, 5) is 52.0. The van der Waals surface area contributed by atoms with Gasteiger partial charge in [-0.25, -0.2) is 0 Å². The fourth-order valence-electron chi connectivity index (χ4n) is 4.39. The molecule has 7 nitrogen and oxygen atoms in total. The first-order chi connectivity index (χ1) is 19.3. The lowest BCUT2D eigenvalue weighted by atomic mass is 10.1. The normalized spacial score (nSPS) is 12.6. The van der Waals surface area contributed by atoms with Crippen molar-refractivity contribution in [3.05, 3.63) is 135 Å². The fourth-order valence-corrected chi connectivity index (χ4v) is 4.84. The molecular weight excluding hydrogens is 572 g/mol. The minimum absolute atomic E-state index is 0.0873. The number of halogens is 1. The molecule has 40 heavy (non-hydrogen) atoms. The van der Waals surface area contributed by atoms with E-state index in [-0.39, 0.29) is 35.8 Å². The SMILES string of the molecule is O=C(/C=C/c1ccccc1O)c1ccc(NC(=O)c2ccc(Br)c(CCN3C(=O)c4ccccc4C3=O)c2)cc1. The van der Waals surface area contributed by atoms with Crippen LogP contribution < -0.4 is 5.32 Å². The largest absolute Gasteiger partial charge is 0.507 e. The third kappa shape index (κ3) is 5.62. The van der Waals surface area contributed by atoms with Gasteiger partial charge in [-0.15, -0.1) is 0 Å². The monoisotopic (exact) mass is 594 g/mol. The molecule has 0 saturated heterocycles. The van der Waals surface area contributed by atoms with E-state index < -0.39 is 0 Å². The molecule has 1 aliphatic heterocycles. The molecule has 3 amide bonds. The van der Waals surface area contributed by atoms with Crippen LogP contribution in [0.1, 0.15) is 52.6 Å². The van der Waals surface area contributed by atoms with Crippen LogP contribution in [0.25, 0.3) is 6.08 Å². The van der Waals surface area contributed by atoms with Crippen molar-refractivity contribution in [1.82, 2.24) is 4.90 Å². The Kier molecular flexibility index (Phi) is 7.70. The number of nitrogens with zero attached hydrogens (tertiary/aromatic N) is 1. The lowest BCUT2D eigenvalue weighted by Crippen LogP contribution is -2.31. The molecule has 0 bridgehead atoms. The van der Waals surface area contributed by atoms with E-state index in [2.05, 4.69) is 21.2 Å². The topological polar surface area (TPSA) is 104 Å². The molecule has 8 heteroatoms. The van der Waals surface area contributed by atoms with Crippen molar-refractivity contribution in [2.75, 3.05) is 11.9 Å². The highest BCUT2D eigenvalue weighted by Crippen LogP contribution is 2.25. The van der Waals surface area contributed by atoms with Gasteiger partial charge in [-0.2, -0.15) is 0 Å². The molecule has 1 heterocycles. The standard InChI is InChI=1S/C32H23BrN2O5/c33-27-15-11-23(19-22(27)17-18-35-31(39)25-6-2-3-7-26(25)32(35)40)30(38)34-24-13-9-21(10-14-24)29(37)16-12-20-5-1-4-8-28(20)36/h1-16,19,36H,17-18H2,(H,34,38)/b16-12+. The van der Waals surface area contributed by atoms with Crippen molar-refractivity contribution < 1.29 is 24.3 Å². The number of amides is 3. The number of para-hydroxylation sites is 1. The number of rotatable bonds is 8. The van der Waals surface area contributed by atoms with Gasteiger partial charge in [0, 0.05) is 33.4 Å². The van der Waals surface area contributed by atoms with E-state index in [0.717, 1.165) is 10.0 Å². The average Bonchev–Trinajstić information content (AvgIpc) is 3.21. The average molecular weight is 595 g/mol. The summed E-state index contributed by atoms with van der Waals surface area (Å²) >= 11 is 3.50. The number of hydrogen-bond donors (Lipinski definition) is 2. The maximum atomic E-state index is 13.0. The van der Waals surface area contributed by atoms with E-state index in [1.807, 2.05) is 0 Å². The minimum Gasteiger partial charge on any atom is -0.507 e. The zero-order valence-corrected chi connectivity index (χ0v) is 22.7. The second-order valence-corrected chi connectivity index (χ2v) is 10.0. The number of anilines is 1. The number of phenolic OH excluding ortho intramolecular Hbond substituents is 1. The number of phenols is 1. The summed E-state index contributed by atoms with van der Waals surface area (Å²) in [6.45, 7) is 0.184. The van der Waals surface area contributed by atoms with E-state index >= 15 is 0 Å². The number of hydrogen-bond acceptors (Lipinski definition) is 5. The van der Waals surface area contributed by atoms with E-state index in [9.17, 15) is 24.3 Å². The first-order valence-corrected chi connectivity index (χ1v) is 13.3. The van der Waals surface area contributed by atoms with Gasteiger partial charge in [0.05, 0.1) is 11.1 Å². The summed E-state index contributed by atoms with van der Waals surface area (Å²) < 4.78 is 0.764. The van der Waals surface area contributed by atoms with E-state index in [0.29, 0.717) is 39.9 Å². The molecule has 0 aromatic heterocycles. The van der Waals surface area contributed by atoms with Crippen molar-refractivity contribution >= 4 is 51.2 Å². The van der Waals surface area contributed by atoms with Gasteiger partial charge in [-0.05, 0) is 84.8 Å². The Morgan fingerprint density at radius 3 is 2.12 bits per heavy atom. The lowest BCUT2D eigenvalue weighted by Gasteiger charge is -2.15. The molecule has 0 saturated carbocycles. The quantitative estimate of drug-likeness (QED) is 0.145. The molecule has 198 valence electrons. The van der Waals surface area contributed by atoms with Gasteiger partial charge in [0.2, 0.25) is 0 Å². The summed E-state index contributed by atoms with van der Waals surface area (Å²) in [5.41, 5.74) is 3.48. The summed E-state index contributed by atoms with van der Waals surface area (Å²) in [5.74, 6) is -1.13. The van der Waals surface area contributed by atoms with E-state index in [1.165, 1.54) is 11.0 Å². The number of fused-ring (bicyclic) bond motifs is 1. The zero-order valence-electron chi connectivity index (χ0n) is 21.1. The first-order valence-electron chi connectivity index (χ1n) is 12.5. The first kappa shape index (κ1) is 26.8. The molecule has 4 aromatic carbocycles. The highest BCUT2D eigenvalue weighted by molar-refractivity contribution is 9.10. The van der Waals surface area contributed by atoms with Gasteiger partial charge >= 0.3 is 0 Å². The number of aromatic hydroxyl groups is 1. The van der Waals surface area contributed by atoms with Gasteiger partial charge < -0.3 is 10.4 Å². The van der Waals surface area contributed by atoms with E-state index in [1.54, 1.807) is 97.1 Å². The van der Waals surface area contributed by atoms with Crippen LogP contribution in [-0.2, 0) is 6.42 Å². The molecule has 0 spiro atoms. The predicted molar refractivity (Wildman–Crippen MR) is 156 cm³/mol. The molecule has 4 aromatic rings. The molecule has 2 N–H and O–H groups in total. The summed E-state index contributed by atoms with van der Waals surface area (Å²) in [5, 5.41) is 12.7. The molecule has 0 radical (unpaired) electrons. The second-order valence-electron chi connectivity index (χ2n) is 9.15. The van der Waals surface area contributed by atoms with E-state index in [4.69, 9.17) is 0 Å². The van der Waals surface area contributed by atoms with Crippen molar-refractivity contribution in [2.24, 2.45) is 0 Å². The number of allylic oxidation sites excluding steroid dienone is 1. The van der Waals surface area contributed by atoms with Crippen LogP contribution in [0.4, 0.5) is 5.69 Å². The number of carbonyl (C=O) groups is 4. The zero-order chi connectivity index (χ0) is 28.2. The Morgan fingerprint density at radius 2 is 1.45 bits per heavy atom. The van der Waals surface area contributed by atoms with Crippen LogP contribution in [0.15, 0.2) is 102 Å². The highest BCUT2D eigenvalue weighted by atomic mass is 79.9. The number of imide groups is 1. The van der Waals surface area contributed by atoms with Gasteiger partial charge in [0.1, 0.15) is 5.75 Å². The maximum absolute atomic E-state index is 13.0. The van der Waals surface area contributed by atoms with Gasteiger partial charge in [0.25, 0.3) is 17.7 Å². The maximum Gasteiger partial charge on any atom is 0.261 e. The lowest BCUT2D eigenvalue weighted by molar-refractivity contribution is 0.0655. The molecule has 5 rings (SSSR count). The number of carbonyl (C=O) groups excluding carboxylic acids is 4. The molecular formula is C32H23BrN2O5. The molecule has 0 fully saturated rings. The van der Waals surface area contributed by atoms with Gasteiger partial charge in [-0.3, -0.25) is 24.1 Å². The number of ketones is 1. The Hall–Kier alpha value is -4.82. The number of benzene rings is 4. The molecule has 1 aliphatic rings. The Bertz CT molecular complexity index is 1640. The van der Waals surface area contributed by atoms with Crippen LogP contribution >= 0.6 is 15.9 Å². The third-order valence-corrected chi connectivity index (χ3v) is 7.34. The van der Waals surface area contributed by atoms with Gasteiger partial charge in [0.15, 0.2) is 5.78 Å².